The molecule has 0 spiro atoms. The molecule has 0 atom stereocenters. The van der Waals surface area contributed by atoms with Crippen molar-refractivity contribution in [3.05, 3.63) is 59.7 Å². The summed E-state index contributed by atoms with van der Waals surface area (Å²) in [6, 6.07) is 12.4. The average Bonchev–Trinajstić information content (AvgIpc) is 2.54. The number of amides is 2. The van der Waals surface area contributed by atoms with Crippen molar-refractivity contribution in [2.24, 2.45) is 0 Å². The Balaban J connectivity index is 2.11. The Morgan fingerprint density at radius 1 is 1.00 bits per heavy atom. The van der Waals surface area contributed by atoms with E-state index >= 15 is 0 Å². The molecule has 7 heteroatoms. The average molecular weight is 350 g/mol. The number of benzene rings is 2. The third-order valence-electron chi connectivity index (χ3n) is 3.40. The van der Waals surface area contributed by atoms with Gasteiger partial charge in [0.05, 0.1) is 11.3 Å². The van der Waals surface area contributed by atoms with Crippen LogP contribution in [0.3, 0.4) is 0 Å². The zero-order valence-corrected chi connectivity index (χ0v) is 13.5. The lowest BCUT2D eigenvalue weighted by atomic mass is 10.1. The highest BCUT2D eigenvalue weighted by Gasteiger charge is 2.34. The van der Waals surface area contributed by atoms with E-state index in [1.54, 1.807) is 0 Å². The van der Waals surface area contributed by atoms with Crippen LogP contribution in [0.4, 0.5) is 24.5 Å². The molecule has 0 aliphatic heterocycles. The number of hydrogen-bond acceptors (Lipinski definition) is 2. The van der Waals surface area contributed by atoms with Gasteiger partial charge < -0.3 is 10.6 Å². The molecule has 0 aromatic heterocycles. The minimum absolute atomic E-state index is 0.0158. The maximum Gasteiger partial charge on any atom is 0.418 e. The lowest BCUT2D eigenvalue weighted by Gasteiger charge is -2.15. The van der Waals surface area contributed by atoms with Crippen LogP contribution in [0.15, 0.2) is 48.5 Å². The van der Waals surface area contributed by atoms with Crippen LogP contribution in [-0.4, -0.2) is 11.8 Å². The van der Waals surface area contributed by atoms with Crippen molar-refractivity contribution < 1.29 is 22.8 Å². The number of anilines is 2. The second-order valence-electron chi connectivity index (χ2n) is 5.47. The van der Waals surface area contributed by atoms with Crippen LogP contribution in [0.1, 0.15) is 24.5 Å². The summed E-state index contributed by atoms with van der Waals surface area (Å²) in [7, 11) is 0. The zero-order valence-electron chi connectivity index (χ0n) is 13.5. The molecule has 0 radical (unpaired) electrons. The number of hydrogen-bond donors (Lipinski definition) is 2. The van der Waals surface area contributed by atoms with Gasteiger partial charge in [0.15, 0.2) is 0 Å². The largest absolute Gasteiger partial charge is 0.418 e. The fourth-order valence-corrected chi connectivity index (χ4v) is 2.28. The molecule has 2 aromatic rings. The van der Waals surface area contributed by atoms with E-state index in [-0.39, 0.29) is 17.8 Å². The van der Waals surface area contributed by atoms with Crippen molar-refractivity contribution >= 4 is 23.2 Å². The van der Waals surface area contributed by atoms with Crippen LogP contribution in [-0.2, 0) is 22.2 Å². The summed E-state index contributed by atoms with van der Waals surface area (Å²) >= 11 is 0. The summed E-state index contributed by atoms with van der Waals surface area (Å²) in [4.78, 5) is 23.0. The Morgan fingerprint density at radius 3 is 2.28 bits per heavy atom. The lowest BCUT2D eigenvalue weighted by Crippen LogP contribution is -2.17. The van der Waals surface area contributed by atoms with E-state index in [4.69, 9.17) is 0 Å². The topological polar surface area (TPSA) is 58.2 Å². The Labute approximate surface area is 143 Å². The van der Waals surface area contributed by atoms with Crippen molar-refractivity contribution in [3.63, 3.8) is 0 Å². The molecule has 2 aromatic carbocycles. The zero-order chi connectivity index (χ0) is 18.4. The summed E-state index contributed by atoms with van der Waals surface area (Å²) in [6.07, 6.45) is -4.16. The van der Waals surface area contributed by atoms with Crippen molar-refractivity contribution in [2.45, 2.75) is 25.9 Å². The van der Waals surface area contributed by atoms with Crippen LogP contribution in [0.2, 0.25) is 0 Å². The Bertz CT molecular complexity index is 759. The molecule has 2 N–H and O–H groups in total. The van der Waals surface area contributed by atoms with Gasteiger partial charge in [0.2, 0.25) is 11.8 Å². The summed E-state index contributed by atoms with van der Waals surface area (Å²) in [5, 5.41) is 4.59. The molecule has 4 nitrogen and oxygen atoms in total. The van der Waals surface area contributed by atoms with E-state index in [0.717, 1.165) is 17.7 Å². The van der Waals surface area contributed by atoms with Crippen LogP contribution in [0.5, 0.6) is 0 Å². The van der Waals surface area contributed by atoms with E-state index in [1.807, 2.05) is 30.3 Å². The van der Waals surface area contributed by atoms with Gasteiger partial charge in [-0.1, -0.05) is 30.3 Å². The number of aryl methyl sites for hydroxylation is 1. The van der Waals surface area contributed by atoms with Gasteiger partial charge in [0, 0.05) is 19.0 Å². The lowest BCUT2D eigenvalue weighted by molar-refractivity contribution is -0.137. The molecule has 0 bridgehead atoms. The molecule has 2 amide bonds. The molecular weight excluding hydrogens is 333 g/mol. The third-order valence-corrected chi connectivity index (χ3v) is 3.40. The van der Waals surface area contributed by atoms with Gasteiger partial charge in [0.1, 0.15) is 0 Å². The number of alkyl halides is 3. The van der Waals surface area contributed by atoms with E-state index in [2.05, 4.69) is 10.6 Å². The minimum atomic E-state index is -4.66. The van der Waals surface area contributed by atoms with Crippen LogP contribution in [0.25, 0.3) is 0 Å². The maximum absolute atomic E-state index is 13.2. The molecule has 0 fully saturated rings. The normalized spacial score (nSPS) is 11.0. The van der Waals surface area contributed by atoms with E-state index in [0.29, 0.717) is 6.42 Å². The van der Waals surface area contributed by atoms with Crippen LogP contribution in [0, 0.1) is 0 Å². The maximum atomic E-state index is 13.2. The Kier molecular flexibility index (Phi) is 5.80. The molecule has 0 unspecified atom stereocenters. The SMILES string of the molecule is CC(=O)Nc1ccc(NC(=O)CCc2ccccc2)c(C(F)(F)F)c1. The standard InChI is InChI=1S/C18H17F3N2O2/c1-12(24)22-14-8-9-16(15(11-14)18(19,20)21)23-17(25)10-7-13-5-3-2-4-6-13/h2-6,8-9,11H,7,10H2,1H3,(H,22,24)(H,23,25). The quantitative estimate of drug-likeness (QED) is 0.848. The Morgan fingerprint density at radius 2 is 1.68 bits per heavy atom. The van der Waals surface area contributed by atoms with Crippen LogP contribution < -0.4 is 10.6 Å². The van der Waals surface area contributed by atoms with Crippen molar-refractivity contribution in [1.82, 2.24) is 0 Å². The third kappa shape index (κ3) is 5.63. The molecular formula is C18H17F3N2O2. The Hall–Kier alpha value is -2.83. The molecule has 132 valence electrons. The second kappa shape index (κ2) is 7.83. The van der Waals surface area contributed by atoms with E-state index < -0.39 is 23.6 Å². The van der Waals surface area contributed by atoms with Gasteiger partial charge >= 0.3 is 6.18 Å². The first-order valence-corrected chi connectivity index (χ1v) is 7.58. The monoisotopic (exact) mass is 350 g/mol. The first-order chi connectivity index (χ1) is 11.8. The fourth-order valence-electron chi connectivity index (χ4n) is 2.28. The summed E-state index contributed by atoms with van der Waals surface area (Å²) < 4.78 is 39.6. The predicted octanol–water partition coefficient (Wildman–Crippen LogP) is 4.24. The number of carbonyl (C=O) groups excluding carboxylic acids is 2. The van der Waals surface area contributed by atoms with Gasteiger partial charge in [-0.2, -0.15) is 13.2 Å². The first kappa shape index (κ1) is 18.5. The number of carbonyl (C=O) groups is 2. The van der Waals surface area contributed by atoms with Crippen molar-refractivity contribution in [2.75, 3.05) is 10.6 Å². The molecule has 0 aliphatic carbocycles. The molecule has 0 heterocycles. The molecule has 0 saturated carbocycles. The molecule has 0 aliphatic rings. The fraction of sp³-hybridized carbons (Fsp3) is 0.222. The van der Waals surface area contributed by atoms with Crippen molar-refractivity contribution in [3.8, 4) is 0 Å². The number of rotatable bonds is 5. The van der Waals surface area contributed by atoms with Crippen LogP contribution >= 0.6 is 0 Å². The predicted molar refractivity (Wildman–Crippen MR) is 89.1 cm³/mol. The van der Waals surface area contributed by atoms with Gasteiger partial charge in [-0.25, -0.2) is 0 Å². The van der Waals surface area contributed by atoms with Gasteiger partial charge in [-0.15, -0.1) is 0 Å². The van der Waals surface area contributed by atoms with Gasteiger partial charge in [-0.3, -0.25) is 9.59 Å². The molecule has 25 heavy (non-hydrogen) atoms. The molecule has 2 rings (SSSR count). The molecule has 0 saturated heterocycles. The summed E-state index contributed by atoms with van der Waals surface area (Å²) in [5.74, 6) is -0.991. The van der Waals surface area contributed by atoms with Crippen molar-refractivity contribution in [1.29, 1.82) is 0 Å². The highest BCUT2D eigenvalue weighted by molar-refractivity contribution is 5.93. The second-order valence-corrected chi connectivity index (χ2v) is 5.47. The summed E-state index contributed by atoms with van der Waals surface area (Å²) in [5.41, 5.74) is -0.400. The van der Waals surface area contributed by atoms with Gasteiger partial charge in [0.25, 0.3) is 0 Å². The highest BCUT2D eigenvalue weighted by atomic mass is 19.4. The summed E-state index contributed by atoms with van der Waals surface area (Å²) in [6.45, 7) is 1.20. The van der Waals surface area contributed by atoms with E-state index in [1.165, 1.54) is 13.0 Å². The highest BCUT2D eigenvalue weighted by Crippen LogP contribution is 2.36. The number of nitrogens with one attached hydrogen (secondary N) is 2. The minimum Gasteiger partial charge on any atom is -0.326 e. The number of halogens is 3. The van der Waals surface area contributed by atoms with E-state index in [9.17, 15) is 22.8 Å². The smallest absolute Gasteiger partial charge is 0.326 e. The van der Waals surface area contributed by atoms with Gasteiger partial charge in [-0.05, 0) is 30.2 Å². The first-order valence-electron chi connectivity index (χ1n) is 7.58.